The molecule has 106 valence electrons. The first-order chi connectivity index (χ1) is 9.72. The van der Waals surface area contributed by atoms with Crippen LogP contribution in [0.5, 0.6) is 5.88 Å². The normalized spacial score (nSPS) is 14.3. The van der Waals surface area contributed by atoms with Crippen LogP contribution < -0.4 is 10.1 Å². The zero-order valence-electron chi connectivity index (χ0n) is 11.2. The number of ether oxygens (including phenoxy) is 2. The molecule has 0 radical (unpaired) electrons. The van der Waals surface area contributed by atoms with E-state index in [0.717, 1.165) is 0 Å². The highest BCUT2D eigenvalue weighted by molar-refractivity contribution is 5.75. The molecule has 7 heteroatoms. The van der Waals surface area contributed by atoms with E-state index in [9.17, 15) is 4.79 Å². The van der Waals surface area contributed by atoms with Crippen LogP contribution >= 0.6 is 0 Å². The van der Waals surface area contributed by atoms with Crippen LogP contribution in [-0.4, -0.2) is 55.4 Å². The number of nitriles is 1. The molecule has 0 saturated carbocycles. The summed E-state index contributed by atoms with van der Waals surface area (Å²) < 4.78 is 10.4. The standard InChI is InChI=1S/C13H16N4O3/c1-19-5-4-15-13(18)17-8-11(9-17)20-12-3-2-10(6-14)7-16-12/h2-3,7,11H,4-5,8-9H2,1H3,(H,15,18). The minimum absolute atomic E-state index is 0.0522. The van der Waals surface area contributed by atoms with Gasteiger partial charge in [0.1, 0.15) is 12.2 Å². The highest BCUT2D eigenvalue weighted by Gasteiger charge is 2.32. The SMILES string of the molecule is COCCNC(=O)N1CC(Oc2ccc(C#N)cn2)C1. The van der Waals surface area contributed by atoms with Gasteiger partial charge in [-0.1, -0.05) is 0 Å². The van der Waals surface area contributed by atoms with Crippen LogP contribution in [0.3, 0.4) is 0 Å². The molecule has 20 heavy (non-hydrogen) atoms. The molecular formula is C13H16N4O3. The topological polar surface area (TPSA) is 87.5 Å². The Bertz CT molecular complexity index is 491. The molecule has 2 amide bonds. The zero-order valence-corrected chi connectivity index (χ0v) is 11.2. The number of hydrogen-bond acceptors (Lipinski definition) is 5. The van der Waals surface area contributed by atoms with Gasteiger partial charge in [0.15, 0.2) is 0 Å². The zero-order chi connectivity index (χ0) is 14.4. The molecule has 0 aliphatic carbocycles. The van der Waals surface area contributed by atoms with Gasteiger partial charge in [-0.3, -0.25) is 0 Å². The van der Waals surface area contributed by atoms with Gasteiger partial charge < -0.3 is 19.7 Å². The van der Waals surface area contributed by atoms with Gasteiger partial charge in [0.25, 0.3) is 0 Å². The van der Waals surface area contributed by atoms with E-state index in [-0.39, 0.29) is 12.1 Å². The lowest BCUT2D eigenvalue weighted by Gasteiger charge is -2.38. The van der Waals surface area contributed by atoms with E-state index in [1.165, 1.54) is 6.20 Å². The number of urea groups is 1. The fraction of sp³-hybridized carbons (Fsp3) is 0.462. The van der Waals surface area contributed by atoms with E-state index >= 15 is 0 Å². The Morgan fingerprint density at radius 3 is 3.00 bits per heavy atom. The van der Waals surface area contributed by atoms with Gasteiger partial charge in [-0.25, -0.2) is 9.78 Å². The summed E-state index contributed by atoms with van der Waals surface area (Å²) in [6, 6.07) is 5.18. The fourth-order valence-electron chi connectivity index (χ4n) is 1.74. The molecule has 0 spiro atoms. The van der Waals surface area contributed by atoms with Crippen molar-refractivity contribution in [1.29, 1.82) is 5.26 Å². The molecule has 1 aromatic rings. The summed E-state index contributed by atoms with van der Waals surface area (Å²) in [5.41, 5.74) is 0.491. The molecule has 2 heterocycles. The predicted octanol–water partition coefficient (Wildman–Crippen LogP) is 0.372. The van der Waals surface area contributed by atoms with E-state index in [0.29, 0.717) is 37.7 Å². The van der Waals surface area contributed by atoms with E-state index in [1.807, 2.05) is 6.07 Å². The van der Waals surface area contributed by atoms with Gasteiger partial charge in [-0.05, 0) is 6.07 Å². The maximum atomic E-state index is 11.6. The van der Waals surface area contributed by atoms with Crippen molar-refractivity contribution in [3.05, 3.63) is 23.9 Å². The van der Waals surface area contributed by atoms with Crippen molar-refractivity contribution in [3.8, 4) is 11.9 Å². The van der Waals surface area contributed by atoms with Crippen LogP contribution in [0, 0.1) is 11.3 Å². The lowest BCUT2D eigenvalue weighted by atomic mass is 10.2. The molecular weight excluding hydrogens is 260 g/mol. The van der Waals surface area contributed by atoms with Crippen LogP contribution in [-0.2, 0) is 4.74 Å². The Morgan fingerprint density at radius 1 is 1.60 bits per heavy atom. The number of hydrogen-bond donors (Lipinski definition) is 1. The number of carbonyl (C=O) groups is 1. The largest absolute Gasteiger partial charge is 0.471 e. The van der Waals surface area contributed by atoms with Gasteiger partial charge in [0, 0.05) is 25.9 Å². The minimum Gasteiger partial charge on any atom is -0.471 e. The van der Waals surface area contributed by atoms with E-state index < -0.39 is 0 Å². The molecule has 0 unspecified atom stereocenters. The maximum Gasteiger partial charge on any atom is 0.317 e. The van der Waals surface area contributed by atoms with E-state index in [2.05, 4.69) is 10.3 Å². The molecule has 1 saturated heterocycles. The summed E-state index contributed by atoms with van der Waals surface area (Å²) in [4.78, 5) is 17.3. The first-order valence-electron chi connectivity index (χ1n) is 6.27. The summed E-state index contributed by atoms with van der Waals surface area (Å²) in [7, 11) is 1.59. The highest BCUT2D eigenvalue weighted by Crippen LogP contribution is 2.16. The fourth-order valence-corrected chi connectivity index (χ4v) is 1.74. The van der Waals surface area contributed by atoms with Crippen molar-refractivity contribution >= 4 is 6.03 Å². The molecule has 1 N–H and O–H groups in total. The number of amides is 2. The van der Waals surface area contributed by atoms with Gasteiger partial charge >= 0.3 is 6.03 Å². The number of nitrogens with one attached hydrogen (secondary N) is 1. The quantitative estimate of drug-likeness (QED) is 0.785. The summed E-state index contributed by atoms with van der Waals surface area (Å²) in [5.74, 6) is 0.466. The Labute approximate surface area is 117 Å². The van der Waals surface area contributed by atoms with Crippen molar-refractivity contribution < 1.29 is 14.3 Å². The maximum absolute atomic E-state index is 11.6. The van der Waals surface area contributed by atoms with Crippen molar-refractivity contribution in [2.24, 2.45) is 0 Å². The Hall–Kier alpha value is -2.33. The van der Waals surface area contributed by atoms with Crippen LogP contribution in [0.4, 0.5) is 4.79 Å². The second-order valence-electron chi connectivity index (χ2n) is 4.37. The predicted molar refractivity (Wildman–Crippen MR) is 70.2 cm³/mol. The average molecular weight is 276 g/mol. The smallest absolute Gasteiger partial charge is 0.317 e. The van der Waals surface area contributed by atoms with Crippen LogP contribution in [0.15, 0.2) is 18.3 Å². The molecule has 1 aliphatic heterocycles. The third kappa shape index (κ3) is 3.59. The minimum atomic E-state index is -0.116. The van der Waals surface area contributed by atoms with E-state index in [4.69, 9.17) is 14.7 Å². The Morgan fingerprint density at radius 2 is 2.40 bits per heavy atom. The number of rotatable bonds is 5. The van der Waals surface area contributed by atoms with Crippen molar-refractivity contribution in [2.45, 2.75) is 6.10 Å². The lowest BCUT2D eigenvalue weighted by Crippen LogP contribution is -2.59. The molecule has 1 fully saturated rings. The molecule has 0 atom stereocenters. The number of aromatic nitrogens is 1. The third-order valence-corrected chi connectivity index (χ3v) is 2.87. The lowest BCUT2D eigenvalue weighted by molar-refractivity contribution is 0.0408. The number of nitrogens with zero attached hydrogens (tertiary/aromatic N) is 3. The summed E-state index contributed by atoms with van der Waals surface area (Å²) in [5, 5.41) is 11.4. The molecule has 7 nitrogen and oxygen atoms in total. The molecule has 1 aromatic heterocycles. The summed E-state index contributed by atoms with van der Waals surface area (Å²) >= 11 is 0. The first-order valence-corrected chi connectivity index (χ1v) is 6.27. The number of carbonyl (C=O) groups excluding carboxylic acids is 1. The molecule has 1 aliphatic rings. The van der Waals surface area contributed by atoms with Crippen LogP contribution in [0.25, 0.3) is 0 Å². The third-order valence-electron chi connectivity index (χ3n) is 2.87. The van der Waals surface area contributed by atoms with E-state index in [1.54, 1.807) is 24.1 Å². The highest BCUT2D eigenvalue weighted by atomic mass is 16.5. The molecule has 0 bridgehead atoms. The summed E-state index contributed by atoms with van der Waals surface area (Å²) in [6.07, 6.45) is 1.41. The number of likely N-dealkylation sites (tertiary alicyclic amines) is 1. The van der Waals surface area contributed by atoms with Crippen LogP contribution in [0.1, 0.15) is 5.56 Å². The van der Waals surface area contributed by atoms with Crippen LogP contribution in [0.2, 0.25) is 0 Å². The molecule has 2 rings (SSSR count). The van der Waals surface area contributed by atoms with Gasteiger partial charge in [0.2, 0.25) is 5.88 Å². The Balaban J connectivity index is 1.70. The molecule has 0 aromatic carbocycles. The van der Waals surface area contributed by atoms with Gasteiger partial charge in [-0.15, -0.1) is 0 Å². The second-order valence-corrected chi connectivity index (χ2v) is 4.37. The average Bonchev–Trinajstić information content (AvgIpc) is 2.43. The van der Waals surface area contributed by atoms with Gasteiger partial charge in [-0.2, -0.15) is 5.26 Å². The van der Waals surface area contributed by atoms with Gasteiger partial charge in [0.05, 0.1) is 25.3 Å². The first kappa shape index (κ1) is 14.1. The van der Waals surface area contributed by atoms with Crippen molar-refractivity contribution in [3.63, 3.8) is 0 Å². The number of methoxy groups -OCH3 is 1. The summed E-state index contributed by atoms with van der Waals surface area (Å²) in [6.45, 7) is 2.05. The monoisotopic (exact) mass is 276 g/mol. The Kier molecular flexibility index (Phi) is 4.74. The second kappa shape index (κ2) is 6.73. The number of pyridine rings is 1. The van der Waals surface area contributed by atoms with Crippen molar-refractivity contribution in [2.75, 3.05) is 33.4 Å². The van der Waals surface area contributed by atoms with Crippen molar-refractivity contribution in [1.82, 2.24) is 15.2 Å².